The third-order valence-corrected chi connectivity index (χ3v) is 2.92. The molecule has 0 aliphatic carbocycles. The van der Waals surface area contributed by atoms with E-state index < -0.39 is 0 Å². The molecule has 1 N–H and O–H groups in total. The van der Waals surface area contributed by atoms with Crippen LogP contribution in [-0.4, -0.2) is 32.0 Å². The SMILES string of the molecule is Cc1ncn(CCNC(=O)c2ncccn2)c(=O)c1C. The lowest BCUT2D eigenvalue weighted by Gasteiger charge is -2.08. The molecule has 0 unspecified atom stereocenters. The Hall–Kier alpha value is -2.57. The lowest BCUT2D eigenvalue weighted by atomic mass is 10.3. The van der Waals surface area contributed by atoms with Gasteiger partial charge in [-0.25, -0.2) is 15.0 Å². The summed E-state index contributed by atoms with van der Waals surface area (Å²) in [6.45, 7) is 4.18. The van der Waals surface area contributed by atoms with Gasteiger partial charge in [-0.2, -0.15) is 0 Å². The Labute approximate surface area is 115 Å². The minimum Gasteiger partial charge on any atom is -0.348 e. The second kappa shape index (κ2) is 6.05. The summed E-state index contributed by atoms with van der Waals surface area (Å²) < 4.78 is 1.47. The molecule has 7 heteroatoms. The number of carbonyl (C=O) groups excluding carboxylic acids is 1. The predicted molar refractivity (Wildman–Crippen MR) is 72.3 cm³/mol. The molecule has 104 valence electrons. The highest BCUT2D eigenvalue weighted by Gasteiger charge is 2.08. The Morgan fingerprint density at radius 2 is 1.95 bits per heavy atom. The van der Waals surface area contributed by atoms with Gasteiger partial charge in [-0.15, -0.1) is 0 Å². The van der Waals surface area contributed by atoms with E-state index in [0.717, 1.165) is 0 Å². The maximum absolute atomic E-state index is 11.9. The molecule has 0 bridgehead atoms. The van der Waals surface area contributed by atoms with Gasteiger partial charge in [-0.05, 0) is 19.9 Å². The van der Waals surface area contributed by atoms with E-state index in [9.17, 15) is 9.59 Å². The lowest BCUT2D eigenvalue weighted by molar-refractivity contribution is 0.0941. The number of carbonyl (C=O) groups is 1. The summed E-state index contributed by atoms with van der Waals surface area (Å²) in [6, 6.07) is 1.64. The normalized spacial score (nSPS) is 10.3. The van der Waals surface area contributed by atoms with E-state index in [1.54, 1.807) is 19.9 Å². The Kier molecular flexibility index (Phi) is 4.19. The fourth-order valence-electron chi connectivity index (χ4n) is 1.62. The molecule has 2 aromatic heterocycles. The highest BCUT2D eigenvalue weighted by molar-refractivity contribution is 5.90. The standard InChI is InChI=1S/C13H15N5O2/c1-9-10(2)17-8-18(13(9)20)7-6-16-12(19)11-14-4-3-5-15-11/h3-5,8H,6-7H2,1-2H3,(H,16,19). The highest BCUT2D eigenvalue weighted by atomic mass is 16.2. The summed E-state index contributed by atoms with van der Waals surface area (Å²) in [4.78, 5) is 35.4. The second-order valence-corrected chi connectivity index (χ2v) is 4.28. The van der Waals surface area contributed by atoms with Crippen molar-refractivity contribution in [3.05, 3.63) is 52.2 Å². The topological polar surface area (TPSA) is 89.8 Å². The molecule has 0 radical (unpaired) electrons. The van der Waals surface area contributed by atoms with Gasteiger partial charge in [0.2, 0.25) is 5.82 Å². The van der Waals surface area contributed by atoms with Gasteiger partial charge in [0.1, 0.15) is 0 Å². The first kappa shape index (κ1) is 13.9. The van der Waals surface area contributed by atoms with Crippen LogP contribution in [0.1, 0.15) is 21.9 Å². The van der Waals surface area contributed by atoms with E-state index in [2.05, 4.69) is 20.3 Å². The first-order valence-electron chi connectivity index (χ1n) is 6.17. The molecule has 0 saturated heterocycles. The molecule has 20 heavy (non-hydrogen) atoms. The van der Waals surface area contributed by atoms with Crippen molar-refractivity contribution in [2.24, 2.45) is 0 Å². The molecule has 0 atom stereocenters. The molecule has 7 nitrogen and oxygen atoms in total. The Balaban J connectivity index is 1.96. The van der Waals surface area contributed by atoms with E-state index in [0.29, 0.717) is 24.3 Å². The third kappa shape index (κ3) is 3.05. The zero-order chi connectivity index (χ0) is 14.5. The third-order valence-electron chi connectivity index (χ3n) is 2.92. The predicted octanol–water partition coefficient (Wildman–Crippen LogP) is 0.0801. The quantitative estimate of drug-likeness (QED) is 0.852. The van der Waals surface area contributed by atoms with Gasteiger partial charge < -0.3 is 5.32 Å². The maximum atomic E-state index is 11.9. The van der Waals surface area contributed by atoms with Gasteiger partial charge in [-0.1, -0.05) is 0 Å². The Morgan fingerprint density at radius 3 is 2.65 bits per heavy atom. The first-order chi connectivity index (χ1) is 9.59. The Bertz CT molecular complexity index is 666. The monoisotopic (exact) mass is 273 g/mol. The van der Waals surface area contributed by atoms with Crippen LogP contribution in [0.15, 0.2) is 29.6 Å². The van der Waals surface area contributed by atoms with Crippen LogP contribution in [0, 0.1) is 13.8 Å². The minimum atomic E-state index is -0.365. The van der Waals surface area contributed by atoms with Crippen molar-refractivity contribution in [3.63, 3.8) is 0 Å². The van der Waals surface area contributed by atoms with Crippen molar-refractivity contribution in [3.8, 4) is 0 Å². The van der Waals surface area contributed by atoms with Crippen LogP contribution in [0.4, 0.5) is 0 Å². The number of amides is 1. The van der Waals surface area contributed by atoms with Crippen molar-refractivity contribution in [1.29, 1.82) is 0 Å². The van der Waals surface area contributed by atoms with E-state index in [1.165, 1.54) is 23.3 Å². The van der Waals surface area contributed by atoms with Crippen LogP contribution in [0.3, 0.4) is 0 Å². The summed E-state index contributed by atoms with van der Waals surface area (Å²) >= 11 is 0. The molecular weight excluding hydrogens is 258 g/mol. The zero-order valence-corrected chi connectivity index (χ0v) is 11.3. The first-order valence-corrected chi connectivity index (χ1v) is 6.17. The number of nitrogens with zero attached hydrogens (tertiary/aromatic N) is 4. The van der Waals surface area contributed by atoms with Crippen molar-refractivity contribution in [1.82, 2.24) is 24.8 Å². The fraction of sp³-hybridized carbons (Fsp3) is 0.308. The fourth-order valence-corrected chi connectivity index (χ4v) is 1.62. The zero-order valence-electron chi connectivity index (χ0n) is 11.3. The van der Waals surface area contributed by atoms with Crippen LogP contribution in [0.5, 0.6) is 0 Å². The van der Waals surface area contributed by atoms with Crippen molar-refractivity contribution < 1.29 is 4.79 Å². The van der Waals surface area contributed by atoms with Gasteiger partial charge in [0.15, 0.2) is 0 Å². The molecule has 0 saturated carbocycles. The number of hydrogen-bond donors (Lipinski definition) is 1. The van der Waals surface area contributed by atoms with Crippen LogP contribution in [0.25, 0.3) is 0 Å². The van der Waals surface area contributed by atoms with Crippen molar-refractivity contribution in [2.45, 2.75) is 20.4 Å². The number of nitrogens with one attached hydrogen (secondary N) is 1. The van der Waals surface area contributed by atoms with Crippen LogP contribution >= 0.6 is 0 Å². The molecule has 1 amide bonds. The summed E-state index contributed by atoms with van der Waals surface area (Å²) in [6.07, 6.45) is 4.48. The maximum Gasteiger partial charge on any atom is 0.289 e. The molecule has 0 fully saturated rings. The van der Waals surface area contributed by atoms with Gasteiger partial charge in [0.05, 0.1) is 6.33 Å². The minimum absolute atomic E-state index is 0.0947. The molecule has 2 rings (SSSR count). The molecule has 0 aliphatic rings. The van der Waals surface area contributed by atoms with Crippen LogP contribution in [0.2, 0.25) is 0 Å². The second-order valence-electron chi connectivity index (χ2n) is 4.28. The summed E-state index contributed by atoms with van der Waals surface area (Å²) in [5.41, 5.74) is 1.24. The average molecular weight is 273 g/mol. The number of rotatable bonds is 4. The summed E-state index contributed by atoms with van der Waals surface area (Å²) in [5.74, 6) is -0.256. The molecular formula is C13H15N5O2. The molecule has 2 aromatic rings. The lowest BCUT2D eigenvalue weighted by Crippen LogP contribution is -2.32. The van der Waals surface area contributed by atoms with Gasteiger partial charge in [-0.3, -0.25) is 14.2 Å². The van der Waals surface area contributed by atoms with E-state index in [4.69, 9.17) is 0 Å². The van der Waals surface area contributed by atoms with Gasteiger partial charge in [0, 0.05) is 36.7 Å². The molecule has 0 spiro atoms. The molecule has 0 aliphatic heterocycles. The Morgan fingerprint density at radius 1 is 1.25 bits per heavy atom. The van der Waals surface area contributed by atoms with Gasteiger partial charge >= 0.3 is 0 Å². The number of hydrogen-bond acceptors (Lipinski definition) is 5. The molecule has 2 heterocycles. The molecule has 0 aromatic carbocycles. The smallest absolute Gasteiger partial charge is 0.289 e. The van der Waals surface area contributed by atoms with Gasteiger partial charge in [0.25, 0.3) is 11.5 Å². The van der Waals surface area contributed by atoms with E-state index in [-0.39, 0.29) is 17.3 Å². The van der Waals surface area contributed by atoms with Crippen molar-refractivity contribution >= 4 is 5.91 Å². The van der Waals surface area contributed by atoms with E-state index >= 15 is 0 Å². The van der Waals surface area contributed by atoms with Crippen LogP contribution < -0.4 is 10.9 Å². The largest absolute Gasteiger partial charge is 0.348 e. The summed E-state index contributed by atoms with van der Waals surface area (Å²) in [5, 5.41) is 2.66. The van der Waals surface area contributed by atoms with Crippen LogP contribution in [-0.2, 0) is 6.54 Å². The highest BCUT2D eigenvalue weighted by Crippen LogP contribution is 1.94. The number of aryl methyl sites for hydroxylation is 1. The average Bonchev–Trinajstić information content (AvgIpc) is 2.48. The number of aromatic nitrogens is 4. The van der Waals surface area contributed by atoms with Crippen molar-refractivity contribution in [2.75, 3.05) is 6.54 Å². The van der Waals surface area contributed by atoms with E-state index in [1.807, 2.05) is 0 Å². The summed E-state index contributed by atoms with van der Waals surface area (Å²) in [7, 11) is 0.